The van der Waals surface area contributed by atoms with E-state index in [1.54, 1.807) is 11.8 Å². The molecule has 0 aliphatic heterocycles. The third kappa shape index (κ3) is 4.82. The van der Waals surface area contributed by atoms with Crippen LogP contribution >= 0.6 is 11.8 Å². The van der Waals surface area contributed by atoms with Gasteiger partial charge in [0.25, 0.3) is 5.91 Å². The molecule has 0 saturated heterocycles. The first kappa shape index (κ1) is 14.1. The number of benzene rings is 1. The van der Waals surface area contributed by atoms with Gasteiger partial charge in [-0.25, -0.2) is 0 Å². The first-order valence-electron chi connectivity index (χ1n) is 6.20. The molecular weight excluding hydrogens is 230 g/mol. The summed E-state index contributed by atoms with van der Waals surface area (Å²) >= 11 is 1.61. The number of hydrogen-bond donors (Lipinski definition) is 1. The van der Waals surface area contributed by atoms with Gasteiger partial charge in [0, 0.05) is 11.4 Å². The lowest BCUT2D eigenvalue weighted by atomic mass is 10.2. The number of thioether (sulfide) groups is 1. The Labute approximate surface area is 108 Å². The van der Waals surface area contributed by atoms with Crippen LogP contribution < -0.4 is 5.32 Å². The Hall–Kier alpha value is -0.960. The van der Waals surface area contributed by atoms with Gasteiger partial charge in [-0.1, -0.05) is 38.3 Å². The number of rotatable bonds is 7. The van der Waals surface area contributed by atoms with Gasteiger partial charge >= 0.3 is 0 Å². The molecule has 1 amide bonds. The molecule has 1 aromatic carbocycles. The second kappa shape index (κ2) is 8.18. The first-order valence-corrected chi connectivity index (χ1v) is 7.43. The Morgan fingerprint density at radius 1 is 1.24 bits per heavy atom. The van der Waals surface area contributed by atoms with Crippen molar-refractivity contribution < 1.29 is 4.79 Å². The van der Waals surface area contributed by atoms with Crippen molar-refractivity contribution in [2.75, 3.05) is 12.8 Å². The maximum atomic E-state index is 11.9. The summed E-state index contributed by atoms with van der Waals surface area (Å²) in [5.74, 6) is 0.0476. The fraction of sp³-hybridized carbons (Fsp3) is 0.500. The summed E-state index contributed by atoms with van der Waals surface area (Å²) in [6, 6.07) is 7.74. The lowest BCUT2D eigenvalue weighted by Crippen LogP contribution is -2.24. The van der Waals surface area contributed by atoms with Crippen molar-refractivity contribution in [3.63, 3.8) is 0 Å². The summed E-state index contributed by atoms with van der Waals surface area (Å²) in [5, 5.41) is 2.98. The van der Waals surface area contributed by atoms with E-state index in [0.29, 0.717) is 0 Å². The largest absolute Gasteiger partial charge is 0.352 e. The van der Waals surface area contributed by atoms with Crippen molar-refractivity contribution in [3.8, 4) is 0 Å². The van der Waals surface area contributed by atoms with Crippen LogP contribution in [-0.4, -0.2) is 18.7 Å². The van der Waals surface area contributed by atoms with Gasteiger partial charge in [0.2, 0.25) is 0 Å². The van der Waals surface area contributed by atoms with Crippen LogP contribution in [0.3, 0.4) is 0 Å². The smallest absolute Gasteiger partial charge is 0.252 e. The molecule has 0 unspecified atom stereocenters. The quantitative estimate of drug-likeness (QED) is 0.591. The lowest BCUT2D eigenvalue weighted by molar-refractivity contribution is 0.0950. The van der Waals surface area contributed by atoms with Crippen molar-refractivity contribution in [2.45, 2.75) is 37.5 Å². The highest BCUT2D eigenvalue weighted by Crippen LogP contribution is 2.19. The molecule has 0 radical (unpaired) electrons. The predicted molar refractivity (Wildman–Crippen MR) is 74.7 cm³/mol. The van der Waals surface area contributed by atoms with Crippen molar-refractivity contribution in [1.29, 1.82) is 0 Å². The van der Waals surface area contributed by atoms with E-state index in [-0.39, 0.29) is 5.91 Å². The molecule has 0 bridgehead atoms. The Balaban J connectivity index is 2.41. The Morgan fingerprint density at radius 3 is 2.71 bits per heavy atom. The van der Waals surface area contributed by atoms with Gasteiger partial charge in [0.1, 0.15) is 0 Å². The molecule has 1 N–H and O–H groups in total. The minimum atomic E-state index is 0.0476. The van der Waals surface area contributed by atoms with Crippen molar-refractivity contribution in [3.05, 3.63) is 29.8 Å². The fourth-order valence-corrected chi connectivity index (χ4v) is 2.28. The molecule has 0 aliphatic carbocycles. The van der Waals surface area contributed by atoms with Gasteiger partial charge in [0.05, 0.1) is 5.56 Å². The summed E-state index contributed by atoms with van der Waals surface area (Å²) in [5.41, 5.74) is 0.787. The molecule has 0 aromatic heterocycles. The van der Waals surface area contributed by atoms with E-state index in [0.717, 1.165) is 23.4 Å². The lowest BCUT2D eigenvalue weighted by Gasteiger charge is -2.08. The summed E-state index contributed by atoms with van der Waals surface area (Å²) in [6.45, 7) is 2.97. The number of hydrogen-bond acceptors (Lipinski definition) is 2. The molecule has 1 rings (SSSR count). The third-order valence-corrected chi connectivity index (χ3v) is 3.46. The summed E-state index contributed by atoms with van der Waals surface area (Å²) in [4.78, 5) is 13.0. The van der Waals surface area contributed by atoms with Gasteiger partial charge in [-0.15, -0.1) is 11.8 Å². The van der Waals surface area contributed by atoms with Crippen molar-refractivity contribution in [1.82, 2.24) is 5.32 Å². The summed E-state index contributed by atoms with van der Waals surface area (Å²) in [6.07, 6.45) is 6.73. The molecule has 0 fully saturated rings. The monoisotopic (exact) mass is 251 g/mol. The number of carbonyl (C=O) groups excluding carboxylic acids is 1. The topological polar surface area (TPSA) is 29.1 Å². The van der Waals surface area contributed by atoms with E-state index in [1.807, 2.05) is 30.5 Å². The Kier molecular flexibility index (Phi) is 6.78. The van der Waals surface area contributed by atoms with Crippen LogP contribution in [-0.2, 0) is 0 Å². The molecule has 0 atom stereocenters. The van der Waals surface area contributed by atoms with Gasteiger partial charge in [-0.3, -0.25) is 4.79 Å². The van der Waals surface area contributed by atoms with E-state index in [4.69, 9.17) is 0 Å². The average molecular weight is 251 g/mol. The minimum absolute atomic E-state index is 0.0476. The zero-order valence-electron chi connectivity index (χ0n) is 10.7. The van der Waals surface area contributed by atoms with Crippen LogP contribution in [0.5, 0.6) is 0 Å². The van der Waals surface area contributed by atoms with Crippen LogP contribution in [0.25, 0.3) is 0 Å². The second-order valence-electron chi connectivity index (χ2n) is 4.02. The van der Waals surface area contributed by atoms with E-state index in [1.165, 1.54) is 19.3 Å². The summed E-state index contributed by atoms with van der Waals surface area (Å²) < 4.78 is 0. The zero-order valence-corrected chi connectivity index (χ0v) is 11.5. The van der Waals surface area contributed by atoms with E-state index >= 15 is 0 Å². The molecule has 0 aliphatic rings. The van der Waals surface area contributed by atoms with Crippen molar-refractivity contribution in [2.24, 2.45) is 0 Å². The molecule has 17 heavy (non-hydrogen) atoms. The van der Waals surface area contributed by atoms with Gasteiger partial charge in [-0.2, -0.15) is 0 Å². The van der Waals surface area contributed by atoms with Gasteiger partial charge in [-0.05, 0) is 24.8 Å². The molecule has 0 saturated carbocycles. The number of unbranched alkanes of at least 4 members (excludes halogenated alkanes) is 3. The standard InChI is InChI=1S/C14H21NOS/c1-3-4-5-8-11-15-14(16)12-9-6-7-10-13(12)17-2/h6-7,9-10H,3-5,8,11H2,1-2H3,(H,15,16). The van der Waals surface area contributed by atoms with Crippen LogP contribution in [0.1, 0.15) is 43.0 Å². The summed E-state index contributed by atoms with van der Waals surface area (Å²) in [7, 11) is 0. The molecule has 0 spiro atoms. The van der Waals surface area contributed by atoms with Crippen LogP contribution in [0.15, 0.2) is 29.2 Å². The predicted octanol–water partition coefficient (Wildman–Crippen LogP) is 3.72. The zero-order chi connectivity index (χ0) is 12.5. The first-order chi connectivity index (χ1) is 8.29. The fourth-order valence-electron chi connectivity index (χ4n) is 1.68. The maximum absolute atomic E-state index is 11.9. The van der Waals surface area contributed by atoms with E-state index in [2.05, 4.69) is 12.2 Å². The highest BCUT2D eigenvalue weighted by atomic mass is 32.2. The Morgan fingerprint density at radius 2 is 2.00 bits per heavy atom. The minimum Gasteiger partial charge on any atom is -0.352 e. The number of amides is 1. The maximum Gasteiger partial charge on any atom is 0.252 e. The molecule has 1 aromatic rings. The molecular formula is C14H21NOS. The van der Waals surface area contributed by atoms with Gasteiger partial charge in [0.15, 0.2) is 0 Å². The molecule has 3 heteroatoms. The van der Waals surface area contributed by atoms with Crippen LogP contribution in [0.4, 0.5) is 0 Å². The van der Waals surface area contributed by atoms with E-state index in [9.17, 15) is 4.79 Å². The van der Waals surface area contributed by atoms with Gasteiger partial charge < -0.3 is 5.32 Å². The SMILES string of the molecule is CCCCCCNC(=O)c1ccccc1SC. The molecule has 2 nitrogen and oxygen atoms in total. The third-order valence-electron chi connectivity index (χ3n) is 2.67. The highest BCUT2D eigenvalue weighted by molar-refractivity contribution is 7.98. The normalized spacial score (nSPS) is 10.2. The van der Waals surface area contributed by atoms with E-state index < -0.39 is 0 Å². The Bertz CT molecular complexity index is 352. The van der Waals surface area contributed by atoms with Crippen molar-refractivity contribution >= 4 is 17.7 Å². The highest BCUT2D eigenvalue weighted by Gasteiger charge is 2.08. The second-order valence-corrected chi connectivity index (χ2v) is 4.86. The molecule has 94 valence electrons. The molecule has 0 heterocycles. The van der Waals surface area contributed by atoms with Crippen LogP contribution in [0, 0.1) is 0 Å². The number of carbonyl (C=O) groups is 1. The number of nitrogens with one attached hydrogen (secondary N) is 1. The van der Waals surface area contributed by atoms with Crippen LogP contribution in [0.2, 0.25) is 0 Å². The average Bonchev–Trinajstić information content (AvgIpc) is 2.38.